The molecule has 212 valence electrons. The molecule has 1 aromatic carbocycles. The van der Waals surface area contributed by atoms with Crippen LogP contribution >= 0.6 is 0 Å². The van der Waals surface area contributed by atoms with Gasteiger partial charge in [-0.2, -0.15) is 0 Å². The summed E-state index contributed by atoms with van der Waals surface area (Å²) in [6.07, 6.45) is 4.23. The Hall–Kier alpha value is -3.31. The second kappa shape index (κ2) is 8.59. The van der Waals surface area contributed by atoms with E-state index in [1.165, 1.54) is 12.2 Å². The van der Waals surface area contributed by atoms with E-state index in [1.54, 1.807) is 13.0 Å². The average Bonchev–Trinajstić information content (AvgIpc) is 3.05. The summed E-state index contributed by atoms with van der Waals surface area (Å²) < 4.78 is 42.2. The second-order valence-corrected chi connectivity index (χ2v) is 12.1. The van der Waals surface area contributed by atoms with Gasteiger partial charge in [0.1, 0.15) is 17.0 Å². The highest BCUT2D eigenvalue weighted by atomic mass is 19.1. The maximum Gasteiger partial charge on any atom is 0.345 e. The third-order valence-corrected chi connectivity index (χ3v) is 10.6. The van der Waals surface area contributed by atoms with Crippen LogP contribution in [0.5, 0.6) is 0 Å². The zero-order valence-corrected chi connectivity index (χ0v) is 22.0. The summed E-state index contributed by atoms with van der Waals surface area (Å²) in [5.74, 6) is -4.18. The van der Waals surface area contributed by atoms with Crippen LogP contribution in [0.15, 0.2) is 42.0 Å². The third kappa shape index (κ3) is 3.16. The number of ketones is 2. The van der Waals surface area contributed by atoms with Gasteiger partial charge in [-0.1, -0.05) is 18.6 Å². The van der Waals surface area contributed by atoms with E-state index in [4.69, 9.17) is 9.47 Å². The number of benzene rings is 1. The van der Waals surface area contributed by atoms with Gasteiger partial charge in [0, 0.05) is 22.8 Å². The van der Waals surface area contributed by atoms with Crippen molar-refractivity contribution in [2.75, 3.05) is 13.2 Å². The van der Waals surface area contributed by atoms with E-state index in [2.05, 4.69) is 0 Å². The molecule has 0 aromatic heterocycles. The van der Waals surface area contributed by atoms with E-state index in [9.17, 15) is 34.0 Å². The van der Waals surface area contributed by atoms with Crippen LogP contribution in [0.4, 0.5) is 14.5 Å². The lowest BCUT2D eigenvalue weighted by Crippen LogP contribution is -2.76. The number of rotatable bonds is 5. The fourth-order valence-electron chi connectivity index (χ4n) is 8.81. The highest BCUT2D eigenvalue weighted by Gasteiger charge is 2.81. The standard InChI is InChI=1S/C29H29F2NO8/c1-15-9-21-20-5-3-16-10-18(33)7-8-26(16,2)28(20,31)23(34)12-27(21)14-40-29(15,27)24(35)13-39-25(36)19-11-17(30)4-6-22(19)32(37)38/h4,6-8,10-11,15,20-21,23,34H,3,5,9,12-14H2,1-2H3/t15-,20+,21?,23+,26+,27-,28+,29+/m1/s1. The number of nitrogens with zero attached hydrogens (tertiary/aromatic N) is 1. The number of esters is 1. The van der Waals surface area contributed by atoms with Crippen molar-refractivity contribution < 1.29 is 42.7 Å². The first-order chi connectivity index (χ1) is 18.8. The molecule has 1 aliphatic heterocycles. The molecule has 8 atom stereocenters. The van der Waals surface area contributed by atoms with Gasteiger partial charge in [-0.15, -0.1) is 0 Å². The Morgan fingerprint density at radius 2 is 2.05 bits per heavy atom. The van der Waals surface area contributed by atoms with Crippen molar-refractivity contribution in [3.8, 4) is 0 Å². The summed E-state index contributed by atoms with van der Waals surface area (Å²) in [6, 6.07) is 2.36. The average molecular weight is 558 g/mol. The number of fused-ring (bicyclic) bond motifs is 4. The van der Waals surface area contributed by atoms with E-state index < -0.39 is 74.5 Å². The van der Waals surface area contributed by atoms with Gasteiger partial charge in [-0.3, -0.25) is 19.7 Å². The Balaban J connectivity index is 1.28. The molecule has 4 aliphatic carbocycles. The largest absolute Gasteiger partial charge is 0.454 e. The van der Waals surface area contributed by atoms with Crippen molar-refractivity contribution >= 4 is 23.2 Å². The number of nitro groups is 1. The number of carbonyl (C=O) groups excluding carboxylic acids is 3. The lowest BCUT2D eigenvalue weighted by Gasteiger charge is -2.67. The van der Waals surface area contributed by atoms with Crippen LogP contribution in [0, 0.1) is 44.5 Å². The Bertz CT molecular complexity index is 1420. The first-order valence-corrected chi connectivity index (χ1v) is 13.4. The van der Waals surface area contributed by atoms with Crippen LogP contribution in [0.25, 0.3) is 0 Å². The van der Waals surface area contributed by atoms with Crippen molar-refractivity contribution in [2.45, 2.75) is 56.9 Å². The maximum absolute atomic E-state index is 17.3. The Kier molecular flexibility index (Phi) is 5.78. The highest BCUT2D eigenvalue weighted by molar-refractivity contribution is 6.01. The molecule has 1 unspecified atom stereocenters. The monoisotopic (exact) mass is 557 g/mol. The summed E-state index contributed by atoms with van der Waals surface area (Å²) in [5, 5.41) is 22.8. The first kappa shape index (κ1) is 26.9. The fourth-order valence-corrected chi connectivity index (χ4v) is 8.81. The molecule has 40 heavy (non-hydrogen) atoms. The van der Waals surface area contributed by atoms with Crippen molar-refractivity contribution in [1.82, 2.24) is 0 Å². The van der Waals surface area contributed by atoms with Gasteiger partial charge in [0.2, 0.25) is 5.78 Å². The van der Waals surface area contributed by atoms with Gasteiger partial charge in [-0.05, 0) is 68.7 Å². The number of alkyl halides is 1. The number of Topliss-reactive ketones (excluding diaryl/α,β-unsaturated/α-hetero) is 1. The third-order valence-electron chi connectivity index (χ3n) is 10.6. The van der Waals surface area contributed by atoms with E-state index in [-0.39, 0.29) is 30.6 Å². The molecular formula is C29H29F2NO8. The molecule has 1 N–H and O–H groups in total. The molecule has 1 aromatic rings. The molecule has 5 aliphatic rings. The molecule has 6 rings (SSSR count). The first-order valence-electron chi connectivity index (χ1n) is 13.4. The predicted molar refractivity (Wildman–Crippen MR) is 134 cm³/mol. The number of nitro benzene ring substituents is 1. The van der Waals surface area contributed by atoms with Gasteiger partial charge >= 0.3 is 5.97 Å². The topological polar surface area (TPSA) is 133 Å². The second-order valence-electron chi connectivity index (χ2n) is 12.1. The molecular weight excluding hydrogens is 528 g/mol. The summed E-state index contributed by atoms with van der Waals surface area (Å²) in [5.41, 5.74) is -6.15. The summed E-state index contributed by atoms with van der Waals surface area (Å²) in [7, 11) is 0. The zero-order chi connectivity index (χ0) is 28.8. The van der Waals surface area contributed by atoms with Gasteiger partial charge in [-0.25, -0.2) is 13.6 Å². The number of carbonyl (C=O) groups is 3. The molecule has 4 fully saturated rings. The zero-order valence-electron chi connectivity index (χ0n) is 22.0. The van der Waals surface area contributed by atoms with Crippen LogP contribution in [-0.2, 0) is 19.1 Å². The van der Waals surface area contributed by atoms with E-state index in [0.29, 0.717) is 30.9 Å². The van der Waals surface area contributed by atoms with Crippen LogP contribution in [0.2, 0.25) is 0 Å². The smallest absolute Gasteiger partial charge is 0.345 e. The Morgan fingerprint density at radius 1 is 1.30 bits per heavy atom. The van der Waals surface area contributed by atoms with E-state index >= 15 is 4.39 Å². The number of aliphatic hydroxyl groups excluding tert-OH is 1. The van der Waals surface area contributed by atoms with Gasteiger partial charge < -0.3 is 14.6 Å². The van der Waals surface area contributed by atoms with E-state index in [1.807, 2.05) is 6.92 Å². The van der Waals surface area contributed by atoms with Crippen molar-refractivity contribution in [1.29, 1.82) is 0 Å². The summed E-state index contributed by atoms with van der Waals surface area (Å²) in [6.45, 7) is 2.89. The molecule has 1 heterocycles. The fraction of sp³-hybridized carbons (Fsp3) is 0.552. The molecule has 0 bridgehead atoms. The molecule has 9 nitrogen and oxygen atoms in total. The molecule has 11 heteroatoms. The minimum atomic E-state index is -2.05. The Labute approximate surface area is 228 Å². The molecule has 1 spiro atoms. The Morgan fingerprint density at radius 3 is 2.73 bits per heavy atom. The molecule has 3 saturated carbocycles. The van der Waals surface area contributed by atoms with Crippen LogP contribution in [0.3, 0.4) is 0 Å². The SMILES string of the molecule is C[C@@H]1CC2[C@@H]3CCC4=CC(=O)C=C[C@]4(C)[C@@]3(F)[C@@H](O)C[C@@]23CO[C@]13C(=O)COC(=O)c1cc(F)ccc1[N+](=O)[O-]. The summed E-state index contributed by atoms with van der Waals surface area (Å²) >= 11 is 0. The van der Waals surface area contributed by atoms with Crippen molar-refractivity contribution in [3.05, 3.63) is 63.5 Å². The van der Waals surface area contributed by atoms with Gasteiger partial charge in [0.05, 0.1) is 17.6 Å². The van der Waals surface area contributed by atoms with Crippen molar-refractivity contribution in [3.63, 3.8) is 0 Å². The summed E-state index contributed by atoms with van der Waals surface area (Å²) in [4.78, 5) is 48.9. The normalized spacial score (nSPS) is 41.0. The molecule has 0 amide bonds. The number of ether oxygens (including phenoxy) is 2. The number of hydrogen-bond acceptors (Lipinski definition) is 8. The van der Waals surface area contributed by atoms with Crippen LogP contribution in [-0.4, -0.2) is 58.2 Å². The lowest BCUT2D eigenvalue weighted by molar-refractivity contribution is -0.385. The number of halogens is 2. The molecule has 0 radical (unpaired) electrons. The minimum absolute atomic E-state index is 0.0469. The van der Waals surface area contributed by atoms with Crippen LogP contribution < -0.4 is 0 Å². The minimum Gasteiger partial charge on any atom is -0.454 e. The predicted octanol–water partition coefficient (Wildman–Crippen LogP) is 3.83. The lowest BCUT2D eigenvalue weighted by atomic mass is 9.43. The highest BCUT2D eigenvalue weighted by Crippen LogP contribution is 2.74. The van der Waals surface area contributed by atoms with Gasteiger partial charge in [0.15, 0.2) is 18.1 Å². The quantitative estimate of drug-likeness (QED) is 0.328. The number of allylic oxidation sites excluding steroid dienone is 4. The van der Waals surface area contributed by atoms with Crippen LogP contribution in [0.1, 0.15) is 49.9 Å². The number of aliphatic hydroxyl groups is 1. The van der Waals surface area contributed by atoms with Crippen molar-refractivity contribution in [2.24, 2.45) is 28.6 Å². The van der Waals surface area contributed by atoms with E-state index in [0.717, 1.165) is 12.1 Å². The number of hydrogen-bond donors (Lipinski definition) is 1. The maximum atomic E-state index is 17.3. The van der Waals surface area contributed by atoms with Gasteiger partial charge in [0.25, 0.3) is 5.69 Å². The molecule has 1 saturated heterocycles.